The quantitative estimate of drug-likeness (QED) is 0.511. The average molecular weight is 140 g/mol. The molecule has 1 aliphatic heterocycles. The van der Waals surface area contributed by atoms with Gasteiger partial charge in [-0.2, -0.15) is 0 Å². The van der Waals surface area contributed by atoms with E-state index in [-0.39, 0.29) is 0 Å². The molecule has 2 heteroatoms. The van der Waals surface area contributed by atoms with E-state index in [4.69, 9.17) is 4.74 Å². The molecule has 0 aromatic heterocycles. The van der Waals surface area contributed by atoms with Gasteiger partial charge in [-0.25, -0.2) is 0 Å². The summed E-state index contributed by atoms with van der Waals surface area (Å²) in [4.78, 5) is 11.0. The summed E-state index contributed by atoms with van der Waals surface area (Å²) in [5.41, 5.74) is 0. The average Bonchev–Trinajstić information content (AvgIpc) is 2.68. The maximum absolute atomic E-state index is 11.0. The van der Waals surface area contributed by atoms with Crippen molar-refractivity contribution in [3.05, 3.63) is 0 Å². The molecule has 0 amide bonds. The molecule has 0 bridgehead atoms. The summed E-state index contributed by atoms with van der Waals surface area (Å²) in [6, 6.07) is 0. The lowest BCUT2D eigenvalue weighted by Crippen LogP contribution is -2.19. The summed E-state index contributed by atoms with van der Waals surface area (Å²) >= 11 is 0. The minimum absolute atomic E-state index is 0.437. The fraction of sp³-hybridized carbons (Fsp3) is 0.875. The summed E-state index contributed by atoms with van der Waals surface area (Å²) in [7, 11) is 0. The molecule has 10 heavy (non-hydrogen) atoms. The van der Waals surface area contributed by atoms with Crippen LogP contribution in [-0.2, 0) is 9.53 Å². The topological polar surface area (TPSA) is 29.6 Å². The highest BCUT2D eigenvalue weighted by atomic mass is 16.6. The minimum atomic E-state index is 0.437. The normalized spacial score (nSPS) is 39.8. The predicted octanol–water partition coefficient (Wildman–Crippen LogP) is 1.14. The van der Waals surface area contributed by atoms with E-state index < -0.39 is 0 Å². The number of carbonyl (C=O) groups is 1. The summed E-state index contributed by atoms with van der Waals surface area (Å²) < 4.78 is 5.14. The second-order valence-corrected chi connectivity index (χ2v) is 3.27. The van der Waals surface area contributed by atoms with E-state index >= 15 is 0 Å². The largest absolute Gasteiger partial charge is 0.373 e. The molecule has 0 aromatic carbocycles. The maximum atomic E-state index is 11.0. The van der Waals surface area contributed by atoms with Gasteiger partial charge in [0.05, 0.1) is 12.7 Å². The van der Waals surface area contributed by atoms with Crippen molar-refractivity contribution in [3.63, 3.8) is 0 Å². The van der Waals surface area contributed by atoms with Crippen molar-refractivity contribution < 1.29 is 9.53 Å². The molecule has 2 unspecified atom stereocenters. The molecule has 0 aromatic rings. The van der Waals surface area contributed by atoms with Crippen molar-refractivity contribution in [2.75, 3.05) is 6.61 Å². The third-order valence-corrected chi connectivity index (χ3v) is 2.41. The van der Waals surface area contributed by atoms with Crippen LogP contribution in [0.4, 0.5) is 0 Å². The molecular formula is C8H12O2. The summed E-state index contributed by atoms with van der Waals surface area (Å²) in [5.74, 6) is 1.01. The van der Waals surface area contributed by atoms with Gasteiger partial charge in [0.25, 0.3) is 0 Å². The molecular weight excluding hydrogens is 128 g/mol. The lowest BCUT2D eigenvalue weighted by Gasteiger charge is -2.17. The van der Waals surface area contributed by atoms with Crippen LogP contribution in [0.3, 0.4) is 0 Å². The highest BCUT2D eigenvalue weighted by Gasteiger charge is 2.35. The molecule has 2 fully saturated rings. The molecule has 2 nitrogen and oxygen atoms in total. The Labute approximate surface area is 60.6 Å². The van der Waals surface area contributed by atoms with Crippen LogP contribution in [0.2, 0.25) is 0 Å². The molecule has 1 aliphatic carbocycles. The Hall–Kier alpha value is -0.370. The van der Waals surface area contributed by atoms with Crippen molar-refractivity contribution in [2.24, 2.45) is 5.92 Å². The second kappa shape index (κ2) is 2.35. The molecule has 2 atom stereocenters. The Kier molecular flexibility index (Phi) is 1.49. The predicted molar refractivity (Wildman–Crippen MR) is 36.7 cm³/mol. The number of hydrogen-bond donors (Lipinski definition) is 0. The van der Waals surface area contributed by atoms with Crippen molar-refractivity contribution in [1.82, 2.24) is 0 Å². The molecule has 1 saturated heterocycles. The van der Waals surface area contributed by atoms with Gasteiger partial charge >= 0.3 is 0 Å². The van der Waals surface area contributed by atoms with Gasteiger partial charge in [-0.1, -0.05) is 0 Å². The zero-order chi connectivity index (χ0) is 6.97. The van der Waals surface area contributed by atoms with E-state index in [0.717, 1.165) is 25.9 Å². The third-order valence-electron chi connectivity index (χ3n) is 2.41. The van der Waals surface area contributed by atoms with Crippen LogP contribution < -0.4 is 0 Å². The fourth-order valence-electron chi connectivity index (χ4n) is 1.70. The molecule has 1 saturated carbocycles. The van der Waals surface area contributed by atoms with Crippen LogP contribution in [0.5, 0.6) is 0 Å². The molecule has 0 spiro atoms. The van der Waals surface area contributed by atoms with Crippen LogP contribution >= 0.6 is 0 Å². The van der Waals surface area contributed by atoms with Crippen molar-refractivity contribution in [3.8, 4) is 0 Å². The van der Waals surface area contributed by atoms with Crippen LogP contribution in [0.15, 0.2) is 0 Å². The number of carbonyl (C=O) groups excluding carboxylic acids is 1. The van der Waals surface area contributed by atoms with Gasteiger partial charge in [-0.15, -0.1) is 0 Å². The van der Waals surface area contributed by atoms with Gasteiger partial charge in [0.2, 0.25) is 0 Å². The van der Waals surface area contributed by atoms with Gasteiger partial charge in [0, 0.05) is 12.8 Å². The van der Waals surface area contributed by atoms with E-state index in [1.807, 2.05) is 0 Å². The van der Waals surface area contributed by atoms with Crippen molar-refractivity contribution >= 4 is 5.78 Å². The third kappa shape index (κ3) is 1.21. The first kappa shape index (κ1) is 6.35. The molecule has 2 rings (SSSR count). The minimum Gasteiger partial charge on any atom is -0.373 e. The molecule has 1 heterocycles. The van der Waals surface area contributed by atoms with E-state index in [9.17, 15) is 4.79 Å². The van der Waals surface area contributed by atoms with E-state index in [1.165, 1.54) is 6.42 Å². The van der Waals surface area contributed by atoms with E-state index in [0.29, 0.717) is 17.8 Å². The Morgan fingerprint density at radius 3 is 2.90 bits per heavy atom. The first-order chi connectivity index (χ1) is 4.86. The summed E-state index contributed by atoms with van der Waals surface area (Å²) in [6.45, 7) is 0.901. The first-order valence-electron chi connectivity index (χ1n) is 3.99. The summed E-state index contributed by atoms with van der Waals surface area (Å²) in [5, 5.41) is 0. The lowest BCUT2D eigenvalue weighted by atomic mass is 9.86. The Bertz CT molecular complexity index is 149. The zero-order valence-electron chi connectivity index (χ0n) is 6.01. The van der Waals surface area contributed by atoms with Crippen molar-refractivity contribution in [1.29, 1.82) is 0 Å². The van der Waals surface area contributed by atoms with Crippen LogP contribution in [-0.4, -0.2) is 18.5 Å². The fourth-order valence-corrected chi connectivity index (χ4v) is 1.70. The number of Topliss-reactive ketones (excluding diaryl/α,β-unsaturated/α-hetero) is 1. The van der Waals surface area contributed by atoms with E-state index in [2.05, 4.69) is 0 Å². The Morgan fingerprint density at radius 1 is 1.50 bits per heavy atom. The highest BCUT2D eigenvalue weighted by Crippen LogP contribution is 2.31. The van der Waals surface area contributed by atoms with Gasteiger partial charge in [-0.3, -0.25) is 4.79 Å². The van der Waals surface area contributed by atoms with Crippen LogP contribution in [0, 0.1) is 5.92 Å². The van der Waals surface area contributed by atoms with Gasteiger partial charge in [-0.05, 0) is 18.8 Å². The maximum Gasteiger partial charge on any atom is 0.133 e. The lowest BCUT2D eigenvalue weighted by molar-refractivity contribution is -0.121. The van der Waals surface area contributed by atoms with Gasteiger partial charge < -0.3 is 4.74 Å². The standard InChI is InChI=1S/C8H12O2/c9-7-3-1-2-6(4-7)8-5-10-8/h6,8H,1-5H2. The van der Waals surface area contributed by atoms with E-state index in [1.54, 1.807) is 0 Å². The summed E-state index contributed by atoms with van der Waals surface area (Å²) in [6.07, 6.45) is 4.33. The van der Waals surface area contributed by atoms with Crippen LogP contribution in [0.1, 0.15) is 25.7 Å². The monoisotopic (exact) mass is 140 g/mol. The SMILES string of the molecule is O=C1CCCC(C2CO2)C1. The highest BCUT2D eigenvalue weighted by molar-refractivity contribution is 5.79. The first-order valence-corrected chi connectivity index (χ1v) is 3.99. The second-order valence-electron chi connectivity index (χ2n) is 3.27. The number of rotatable bonds is 1. The number of ketones is 1. The number of hydrogen-bond acceptors (Lipinski definition) is 2. The molecule has 0 N–H and O–H groups in total. The zero-order valence-corrected chi connectivity index (χ0v) is 6.01. The Balaban J connectivity index is 1.89. The molecule has 0 radical (unpaired) electrons. The number of epoxide rings is 1. The molecule has 56 valence electrons. The molecule has 2 aliphatic rings. The van der Waals surface area contributed by atoms with Gasteiger partial charge in [0.15, 0.2) is 0 Å². The smallest absolute Gasteiger partial charge is 0.133 e. The Morgan fingerprint density at radius 2 is 2.30 bits per heavy atom. The number of ether oxygens (including phenoxy) is 1. The van der Waals surface area contributed by atoms with Crippen molar-refractivity contribution in [2.45, 2.75) is 31.8 Å². The van der Waals surface area contributed by atoms with Gasteiger partial charge in [0.1, 0.15) is 5.78 Å². The van der Waals surface area contributed by atoms with Crippen LogP contribution in [0.25, 0.3) is 0 Å².